The lowest BCUT2D eigenvalue weighted by molar-refractivity contribution is -0.128. The monoisotopic (exact) mass is 531 g/mol. The Morgan fingerprint density at radius 3 is 2.26 bits per heavy atom. The van der Waals surface area contributed by atoms with Crippen LogP contribution < -0.4 is 5.32 Å². The molecule has 0 aliphatic carbocycles. The largest absolute Gasteiger partial charge is 0.353 e. The zero-order valence-corrected chi connectivity index (χ0v) is 22.0. The SMILES string of the molecule is Cc1ccc(C(=O)N2[C@@H](C(=O)NCc3ccccc3)COC23CCN(C(=O)c2ccccc2Cl)CC3)cc1. The van der Waals surface area contributed by atoms with Gasteiger partial charge in [0.2, 0.25) is 5.91 Å². The van der Waals surface area contributed by atoms with E-state index in [0.29, 0.717) is 48.6 Å². The number of carbonyl (C=O) groups excluding carboxylic acids is 3. The van der Waals surface area contributed by atoms with Crippen LogP contribution in [0.1, 0.15) is 44.7 Å². The van der Waals surface area contributed by atoms with E-state index < -0.39 is 11.8 Å². The topological polar surface area (TPSA) is 79.0 Å². The molecule has 7 nitrogen and oxygen atoms in total. The molecule has 3 amide bonds. The zero-order chi connectivity index (χ0) is 26.7. The van der Waals surface area contributed by atoms with Crippen molar-refractivity contribution in [1.82, 2.24) is 15.1 Å². The summed E-state index contributed by atoms with van der Waals surface area (Å²) in [5, 5.41) is 3.37. The number of hydrogen-bond acceptors (Lipinski definition) is 4. The molecule has 0 saturated carbocycles. The number of amides is 3. The predicted octanol–water partition coefficient (Wildman–Crippen LogP) is 4.44. The number of nitrogens with one attached hydrogen (secondary N) is 1. The number of benzene rings is 3. The van der Waals surface area contributed by atoms with E-state index in [0.717, 1.165) is 11.1 Å². The molecule has 2 aliphatic heterocycles. The van der Waals surface area contributed by atoms with Crippen LogP contribution in [0.5, 0.6) is 0 Å². The first-order valence-corrected chi connectivity index (χ1v) is 13.2. The molecule has 0 aromatic heterocycles. The van der Waals surface area contributed by atoms with Gasteiger partial charge in [0.1, 0.15) is 11.8 Å². The van der Waals surface area contributed by atoms with E-state index in [-0.39, 0.29) is 24.3 Å². The summed E-state index contributed by atoms with van der Waals surface area (Å²) in [6, 6.07) is 23.1. The van der Waals surface area contributed by atoms with Gasteiger partial charge in [0.05, 0.1) is 17.2 Å². The molecule has 3 aromatic rings. The Bertz CT molecular complexity index is 1320. The van der Waals surface area contributed by atoms with Gasteiger partial charge in [-0.25, -0.2) is 0 Å². The van der Waals surface area contributed by atoms with Crippen molar-refractivity contribution in [3.8, 4) is 0 Å². The minimum atomic E-state index is -0.978. The number of ether oxygens (including phenoxy) is 1. The number of likely N-dealkylation sites (tertiary alicyclic amines) is 1. The molecule has 2 fully saturated rings. The molecule has 0 radical (unpaired) electrons. The average Bonchev–Trinajstić information content (AvgIpc) is 3.31. The lowest BCUT2D eigenvalue weighted by atomic mass is 9.96. The van der Waals surface area contributed by atoms with E-state index in [1.165, 1.54) is 0 Å². The van der Waals surface area contributed by atoms with Crippen LogP contribution in [0, 0.1) is 6.92 Å². The maximum atomic E-state index is 13.9. The molecule has 5 rings (SSSR count). The summed E-state index contributed by atoms with van der Waals surface area (Å²) in [6.07, 6.45) is 0.784. The molecule has 1 N–H and O–H groups in total. The fourth-order valence-electron chi connectivity index (χ4n) is 5.17. The van der Waals surface area contributed by atoms with Crippen LogP contribution in [0.15, 0.2) is 78.9 Å². The average molecular weight is 532 g/mol. The van der Waals surface area contributed by atoms with Crippen LogP contribution in [-0.2, 0) is 16.1 Å². The number of piperidine rings is 1. The maximum Gasteiger partial charge on any atom is 0.256 e. The van der Waals surface area contributed by atoms with Gasteiger partial charge >= 0.3 is 0 Å². The second-order valence-electron chi connectivity index (χ2n) is 9.79. The standard InChI is InChI=1S/C30H30ClN3O4/c1-21-11-13-23(14-12-21)28(36)34-26(27(35)32-19-22-7-3-2-4-8-22)20-38-30(34)15-17-33(18-16-30)29(37)24-9-5-6-10-25(24)31/h2-14,26H,15-20H2,1H3,(H,32,35)/t26-/m1/s1. The highest BCUT2D eigenvalue weighted by atomic mass is 35.5. The first kappa shape index (κ1) is 25.9. The van der Waals surface area contributed by atoms with Crippen molar-refractivity contribution in [3.63, 3.8) is 0 Å². The molecule has 2 saturated heterocycles. The minimum Gasteiger partial charge on any atom is -0.353 e. The molecule has 38 heavy (non-hydrogen) atoms. The first-order chi connectivity index (χ1) is 18.4. The van der Waals surface area contributed by atoms with Gasteiger partial charge in [0, 0.05) is 38.0 Å². The second-order valence-corrected chi connectivity index (χ2v) is 10.2. The molecule has 0 bridgehead atoms. The number of aryl methyl sites for hydroxylation is 1. The Morgan fingerprint density at radius 1 is 0.921 bits per heavy atom. The molecule has 3 aromatic carbocycles. The van der Waals surface area contributed by atoms with Gasteiger partial charge in [-0.15, -0.1) is 0 Å². The van der Waals surface area contributed by atoms with Gasteiger partial charge in [-0.3, -0.25) is 19.3 Å². The van der Waals surface area contributed by atoms with Gasteiger partial charge in [-0.1, -0.05) is 71.8 Å². The van der Waals surface area contributed by atoms with Gasteiger partial charge < -0.3 is 15.0 Å². The molecule has 2 aliphatic rings. The highest BCUT2D eigenvalue weighted by Crippen LogP contribution is 2.39. The predicted molar refractivity (Wildman–Crippen MR) is 145 cm³/mol. The Kier molecular flexibility index (Phi) is 7.49. The molecule has 196 valence electrons. The summed E-state index contributed by atoms with van der Waals surface area (Å²) in [6.45, 7) is 3.16. The van der Waals surface area contributed by atoms with E-state index in [2.05, 4.69) is 5.32 Å². The molecule has 1 spiro atoms. The highest BCUT2D eigenvalue weighted by Gasteiger charge is 2.54. The van der Waals surface area contributed by atoms with E-state index in [4.69, 9.17) is 16.3 Å². The summed E-state index contributed by atoms with van der Waals surface area (Å²) in [7, 11) is 0. The van der Waals surface area contributed by atoms with E-state index in [1.807, 2.05) is 49.4 Å². The number of rotatable bonds is 5. The van der Waals surface area contributed by atoms with Crippen molar-refractivity contribution >= 4 is 29.3 Å². The van der Waals surface area contributed by atoms with Crippen LogP contribution in [0.3, 0.4) is 0 Å². The minimum absolute atomic E-state index is 0.0939. The third-order valence-corrected chi connectivity index (χ3v) is 7.66. The van der Waals surface area contributed by atoms with Crippen molar-refractivity contribution < 1.29 is 19.1 Å². The summed E-state index contributed by atoms with van der Waals surface area (Å²) < 4.78 is 6.28. The highest BCUT2D eigenvalue weighted by molar-refractivity contribution is 6.33. The molecule has 8 heteroatoms. The van der Waals surface area contributed by atoms with Gasteiger partial charge in [0.15, 0.2) is 0 Å². The van der Waals surface area contributed by atoms with Crippen LogP contribution in [-0.4, -0.2) is 59.0 Å². The fraction of sp³-hybridized carbons (Fsp3) is 0.300. The Labute approximate surface area is 227 Å². The summed E-state index contributed by atoms with van der Waals surface area (Å²) >= 11 is 6.26. The number of halogens is 1. The third kappa shape index (κ3) is 5.17. The van der Waals surface area contributed by atoms with Crippen molar-refractivity contribution in [1.29, 1.82) is 0 Å². The maximum absolute atomic E-state index is 13.9. The molecular weight excluding hydrogens is 502 g/mol. The molecule has 0 unspecified atom stereocenters. The quantitative estimate of drug-likeness (QED) is 0.528. The summed E-state index contributed by atoms with van der Waals surface area (Å²) in [5.74, 6) is -0.675. The Balaban J connectivity index is 1.37. The van der Waals surface area contributed by atoms with Gasteiger partial charge in [-0.2, -0.15) is 0 Å². The second kappa shape index (κ2) is 11.0. The van der Waals surface area contributed by atoms with Crippen molar-refractivity contribution in [2.24, 2.45) is 0 Å². The lowest BCUT2D eigenvalue weighted by Crippen LogP contribution is -2.59. The van der Waals surface area contributed by atoms with Crippen LogP contribution >= 0.6 is 11.6 Å². The number of carbonyl (C=O) groups is 3. The third-order valence-electron chi connectivity index (χ3n) is 7.33. The van der Waals surface area contributed by atoms with E-state index >= 15 is 0 Å². The fourth-order valence-corrected chi connectivity index (χ4v) is 5.39. The van der Waals surface area contributed by atoms with Crippen LogP contribution in [0.4, 0.5) is 0 Å². The number of hydrogen-bond donors (Lipinski definition) is 1. The molecule has 1 atom stereocenters. The van der Waals surface area contributed by atoms with Crippen molar-refractivity contribution in [2.75, 3.05) is 19.7 Å². The first-order valence-electron chi connectivity index (χ1n) is 12.8. The Morgan fingerprint density at radius 2 is 1.58 bits per heavy atom. The summed E-state index contributed by atoms with van der Waals surface area (Å²) in [4.78, 5) is 43.7. The molecule has 2 heterocycles. The summed E-state index contributed by atoms with van der Waals surface area (Å²) in [5.41, 5.74) is 1.97. The van der Waals surface area contributed by atoms with Crippen molar-refractivity contribution in [3.05, 3.63) is 106 Å². The zero-order valence-electron chi connectivity index (χ0n) is 21.2. The number of nitrogens with zero attached hydrogens (tertiary/aromatic N) is 2. The van der Waals surface area contributed by atoms with Gasteiger partial charge in [0.25, 0.3) is 11.8 Å². The van der Waals surface area contributed by atoms with Crippen molar-refractivity contribution in [2.45, 2.75) is 38.1 Å². The van der Waals surface area contributed by atoms with E-state index in [1.54, 1.807) is 46.2 Å². The lowest BCUT2D eigenvalue weighted by Gasteiger charge is -2.44. The van der Waals surface area contributed by atoms with Crippen LogP contribution in [0.25, 0.3) is 0 Å². The van der Waals surface area contributed by atoms with Gasteiger partial charge in [-0.05, 0) is 36.8 Å². The Hall–Kier alpha value is -3.68. The smallest absolute Gasteiger partial charge is 0.256 e. The molecular formula is C30H30ClN3O4. The van der Waals surface area contributed by atoms with Crippen LogP contribution in [0.2, 0.25) is 5.02 Å². The normalized spacial score (nSPS) is 18.4. The van der Waals surface area contributed by atoms with E-state index in [9.17, 15) is 14.4 Å².